The summed E-state index contributed by atoms with van der Waals surface area (Å²) >= 11 is 0. The Hall–Kier alpha value is -2.70. The van der Waals surface area contributed by atoms with Crippen LogP contribution in [0.4, 0.5) is 0 Å². The first kappa shape index (κ1) is 20.6. The molecule has 1 aromatic heterocycles. The molecule has 148 valence electrons. The number of benzene rings is 1. The van der Waals surface area contributed by atoms with Crippen molar-refractivity contribution in [3.05, 3.63) is 41.8 Å². The number of ether oxygens (including phenoxy) is 2. The molecule has 0 amide bonds. The van der Waals surface area contributed by atoms with Crippen LogP contribution in [0.2, 0.25) is 0 Å². The molecule has 2 rings (SSSR count). The zero-order valence-corrected chi connectivity index (χ0v) is 16.6. The number of aliphatic imine (C=N–C) groups is 1. The second-order valence-electron chi connectivity index (χ2n) is 6.38. The first-order chi connectivity index (χ1) is 13.1. The minimum absolute atomic E-state index is 0.349. The number of hydrogen-bond donors (Lipinski definition) is 2. The van der Waals surface area contributed by atoms with Gasteiger partial charge in [-0.05, 0) is 31.4 Å². The minimum atomic E-state index is 0.349. The zero-order valence-electron chi connectivity index (χ0n) is 16.6. The van der Waals surface area contributed by atoms with E-state index in [-0.39, 0.29) is 0 Å². The van der Waals surface area contributed by atoms with Crippen LogP contribution in [0.5, 0.6) is 11.5 Å². The topological polar surface area (TPSA) is 80.9 Å². The maximum atomic E-state index is 5.74. The van der Waals surface area contributed by atoms with Gasteiger partial charge in [-0.2, -0.15) is 0 Å². The van der Waals surface area contributed by atoms with Gasteiger partial charge < -0.3 is 24.6 Å². The van der Waals surface area contributed by atoms with E-state index >= 15 is 0 Å². The summed E-state index contributed by atoms with van der Waals surface area (Å²) in [7, 11) is 1.65. The van der Waals surface area contributed by atoms with E-state index in [1.54, 1.807) is 7.11 Å². The molecule has 0 saturated heterocycles. The van der Waals surface area contributed by atoms with Gasteiger partial charge in [-0.15, -0.1) is 0 Å². The molecule has 1 heterocycles. The molecule has 27 heavy (non-hydrogen) atoms. The van der Waals surface area contributed by atoms with Crippen LogP contribution in [0, 0.1) is 0 Å². The van der Waals surface area contributed by atoms with E-state index in [0.29, 0.717) is 19.1 Å². The fourth-order valence-electron chi connectivity index (χ4n) is 2.33. The van der Waals surface area contributed by atoms with Crippen molar-refractivity contribution in [2.24, 2.45) is 4.99 Å². The van der Waals surface area contributed by atoms with Crippen LogP contribution in [0.1, 0.15) is 44.6 Å². The Balaban J connectivity index is 1.74. The second kappa shape index (κ2) is 11.1. The summed E-state index contributed by atoms with van der Waals surface area (Å²) in [6.07, 6.45) is 0.849. The lowest BCUT2D eigenvalue weighted by Crippen LogP contribution is -2.38. The number of nitrogens with one attached hydrogen (secondary N) is 2. The smallest absolute Gasteiger partial charge is 0.191 e. The van der Waals surface area contributed by atoms with Crippen molar-refractivity contribution in [3.8, 4) is 11.5 Å². The van der Waals surface area contributed by atoms with Gasteiger partial charge >= 0.3 is 0 Å². The van der Waals surface area contributed by atoms with Crippen molar-refractivity contribution in [2.75, 3.05) is 26.8 Å². The molecule has 0 atom stereocenters. The Morgan fingerprint density at radius 2 is 2.04 bits per heavy atom. The van der Waals surface area contributed by atoms with Gasteiger partial charge in [0.05, 0.1) is 19.4 Å². The summed E-state index contributed by atoms with van der Waals surface area (Å²) in [5.74, 6) is 3.46. The molecule has 2 aromatic rings. The Bertz CT molecular complexity index is 713. The summed E-state index contributed by atoms with van der Waals surface area (Å²) in [5.41, 5.74) is 0.952. The quantitative estimate of drug-likeness (QED) is 0.377. The third kappa shape index (κ3) is 7.21. The zero-order chi connectivity index (χ0) is 19.5. The van der Waals surface area contributed by atoms with Crippen molar-refractivity contribution >= 4 is 5.96 Å². The van der Waals surface area contributed by atoms with Gasteiger partial charge in [0.1, 0.15) is 18.0 Å². The number of rotatable bonds is 10. The standard InChI is InChI=1S/C20H30N4O3/c1-5-21-20(23-14-18-13-19(15(2)3)24-27-18)22-10-7-11-26-17-9-6-8-16(12-17)25-4/h6,8-9,12-13,15H,5,7,10-11,14H2,1-4H3,(H2,21,22,23). The van der Waals surface area contributed by atoms with Crippen molar-refractivity contribution in [2.45, 2.75) is 39.7 Å². The Kier molecular flexibility index (Phi) is 8.48. The average Bonchev–Trinajstić information content (AvgIpc) is 3.15. The lowest BCUT2D eigenvalue weighted by molar-refractivity contribution is 0.308. The Morgan fingerprint density at radius 1 is 1.22 bits per heavy atom. The molecular weight excluding hydrogens is 344 g/mol. The first-order valence-electron chi connectivity index (χ1n) is 9.37. The van der Waals surface area contributed by atoms with Crippen LogP contribution < -0.4 is 20.1 Å². The number of guanidine groups is 1. The van der Waals surface area contributed by atoms with Gasteiger partial charge in [0.2, 0.25) is 0 Å². The summed E-state index contributed by atoms with van der Waals surface area (Å²) in [4.78, 5) is 4.54. The van der Waals surface area contributed by atoms with E-state index < -0.39 is 0 Å². The third-order valence-electron chi connectivity index (χ3n) is 3.83. The number of nitrogens with zero attached hydrogens (tertiary/aromatic N) is 2. The molecule has 1 aromatic carbocycles. The summed E-state index contributed by atoms with van der Waals surface area (Å²) < 4.78 is 16.3. The van der Waals surface area contributed by atoms with Crippen LogP contribution in [0.3, 0.4) is 0 Å². The van der Waals surface area contributed by atoms with E-state index in [1.807, 2.05) is 37.3 Å². The highest BCUT2D eigenvalue weighted by Crippen LogP contribution is 2.18. The minimum Gasteiger partial charge on any atom is -0.497 e. The van der Waals surface area contributed by atoms with Crippen LogP contribution in [-0.2, 0) is 6.54 Å². The van der Waals surface area contributed by atoms with Crippen LogP contribution in [0.15, 0.2) is 39.8 Å². The molecule has 0 aliphatic rings. The first-order valence-corrected chi connectivity index (χ1v) is 9.37. The predicted molar refractivity (Wildman–Crippen MR) is 107 cm³/mol. The molecule has 0 radical (unpaired) electrons. The molecule has 0 spiro atoms. The highest BCUT2D eigenvalue weighted by atomic mass is 16.5. The maximum absolute atomic E-state index is 5.74. The maximum Gasteiger partial charge on any atom is 0.191 e. The van der Waals surface area contributed by atoms with Gasteiger partial charge in [0.15, 0.2) is 11.7 Å². The van der Waals surface area contributed by atoms with Gasteiger partial charge in [0.25, 0.3) is 0 Å². The molecule has 0 bridgehead atoms. The fourth-order valence-corrected chi connectivity index (χ4v) is 2.33. The molecule has 7 heteroatoms. The second-order valence-corrected chi connectivity index (χ2v) is 6.38. The van der Waals surface area contributed by atoms with Gasteiger partial charge in [-0.3, -0.25) is 0 Å². The predicted octanol–water partition coefficient (Wildman–Crippen LogP) is 3.33. The monoisotopic (exact) mass is 374 g/mol. The fraction of sp³-hybridized carbons (Fsp3) is 0.500. The van der Waals surface area contributed by atoms with Crippen LogP contribution >= 0.6 is 0 Å². The molecule has 0 unspecified atom stereocenters. The van der Waals surface area contributed by atoms with Crippen LogP contribution in [0.25, 0.3) is 0 Å². The SMILES string of the molecule is CCNC(=NCc1cc(C(C)C)no1)NCCCOc1cccc(OC)c1. The van der Waals surface area contributed by atoms with E-state index in [0.717, 1.165) is 48.4 Å². The van der Waals surface area contributed by atoms with Crippen molar-refractivity contribution in [3.63, 3.8) is 0 Å². The van der Waals surface area contributed by atoms with E-state index in [2.05, 4.69) is 34.6 Å². The summed E-state index contributed by atoms with van der Waals surface area (Å²) in [5, 5.41) is 10.6. The van der Waals surface area contributed by atoms with Crippen molar-refractivity contribution in [1.82, 2.24) is 15.8 Å². The van der Waals surface area contributed by atoms with Crippen molar-refractivity contribution in [1.29, 1.82) is 0 Å². The van der Waals surface area contributed by atoms with Gasteiger partial charge in [0, 0.05) is 25.2 Å². The van der Waals surface area contributed by atoms with E-state index in [9.17, 15) is 0 Å². The number of hydrogen-bond acceptors (Lipinski definition) is 5. The number of aromatic nitrogens is 1. The highest BCUT2D eigenvalue weighted by Gasteiger charge is 2.07. The average molecular weight is 374 g/mol. The third-order valence-corrected chi connectivity index (χ3v) is 3.83. The molecular formula is C20H30N4O3. The molecule has 2 N–H and O–H groups in total. The van der Waals surface area contributed by atoms with Gasteiger partial charge in [-0.1, -0.05) is 25.1 Å². The molecule has 0 aliphatic heterocycles. The normalized spacial score (nSPS) is 11.5. The van der Waals surface area contributed by atoms with E-state index in [4.69, 9.17) is 14.0 Å². The molecule has 0 fully saturated rings. The summed E-state index contributed by atoms with van der Waals surface area (Å²) in [6, 6.07) is 9.56. The Morgan fingerprint density at radius 3 is 2.74 bits per heavy atom. The lowest BCUT2D eigenvalue weighted by Gasteiger charge is -2.11. The lowest BCUT2D eigenvalue weighted by atomic mass is 10.1. The summed E-state index contributed by atoms with van der Waals surface area (Å²) in [6.45, 7) is 8.82. The van der Waals surface area contributed by atoms with E-state index in [1.165, 1.54) is 0 Å². The molecule has 0 saturated carbocycles. The Labute approximate surface area is 161 Å². The largest absolute Gasteiger partial charge is 0.497 e. The number of methoxy groups -OCH3 is 1. The van der Waals surface area contributed by atoms with Crippen molar-refractivity contribution < 1.29 is 14.0 Å². The van der Waals surface area contributed by atoms with Crippen LogP contribution in [-0.4, -0.2) is 37.9 Å². The molecule has 0 aliphatic carbocycles. The highest BCUT2D eigenvalue weighted by molar-refractivity contribution is 5.79. The van der Waals surface area contributed by atoms with Gasteiger partial charge in [-0.25, -0.2) is 4.99 Å². The molecule has 7 nitrogen and oxygen atoms in total.